The van der Waals surface area contributed by atoms with Gasteiger partial charge in [0, 0.05) is 10.5 Å². The van der Waals surface area contributed by atoms with Crippen LogP contribution in [-0.4, -0.2) is 25.1 Å². The summed E-state index contributed by atoms with van der Waals surface area (Å²) in [5, 5.41) is 0. The smallest absolute Gasteiger partial charge is 0.315 e. The lowest BCUT2D eigenvalue weighted by Crippen LogP contribution is -2.02. The predicted octanol–water partition coefficient (Wildman–Crippen LogP) is 1.90. The number of halogens is 1. The van der Waals surface area contributed by atoms with Gasteiger partial charge in [-0.15, -0.1) is 11.8 Å². The van der Waals surface area contributed by atoms with E-state index in [1.807, 2.05) is 0 Å². The van der Waals surface area contributed by atoms with Crippen molar-refractivity contribution in [1.29, 1.82) is 0 Å². The Labute approximate surface area is 90.6 Å². The molecule has 0 aliphatic carbocycles. The van der Waals surface area contributed by atoms with E-state index in [-0.39, 0.29) is 11.3 Å². The summed E-state index contributed by atoms with van der Waals surface area (Å²) in [6, 6.07) is 3.92. The number of ether oxygens (including phenoxy) is 1. The molecule has 1 aromatic carbocycles. The molecular weight excluding hydrogens is 219 g/mol. The van der Waals surface area contributed by atoms with E-state index in [1.165, 1.54) is 19.2 Å². The van der Waals surface area contributed by atoms with E-state index >= 15 is 0 Å². The molecule has 1 rings (SSSR count). The Morgan fingerprint density at radius 3 is 2.87 bits per heavy atom. The molecule has 0 fully saturated rings. The van der Waals surface area contributed by atoms with Crippen molar-refractivity contribution in [2.24, 2.45) is 0 Å². The second kappa shape index (κ2) is 5.50. The number of carbonyl (C=O) groups excluding carboxylic acids is 2. The highest BCUT2D eigenvalue weighted by Crippen LogP contribution is 2.20. The molecule has 3 nitrogen and oxygen atoms in total. The van der Waals surface area contributed by atoms with Crippen molar-refractivity contribution >= 4 is 24.0 Å². The third-order valence-electron chi connectivity index (χ3n) is 1.61. The monoisotopic (exact) mass is 228 g/mol. The zero-order valence-corrected chi connectivity index (χ0v) is 8.84. The van der Waals surface area contributed by atoms with E-state index in [9.17, 15) is 14.0 Å². The van der Waals surface area contributed by atoms with E-state index in [0.717, 1.165) is 17.8 Å². The molecule has 0 aliphatic rings. The summed E-state index contributed by atoms with van der Waals surface area (Å²) >= 11 is 1.12. The fourth-order valence-electron chi connectivity index (χ4n) is 0.937. The molecule has 15 heavy (non-hydrogen) atoms. The molecule has 0 amide bonds. The average Bonchev–Trinajstić information content (AvgIpc) is 2.25. The fraction of sp³-hybridized carbons (Fsp3) is 0.200. The van der Waals surface area contributed by atoms with Gasteiger partial charge in [0.2, 0.25) is 0 Å². The third-order valence-corrected chi connectivity index (χ3v) is 2.56. The minimum absolute atomic E-state index is 0.0955. The lowest BCUT2D eigenvalue weighted by Gasteiger charge is -2.01. The topological polar surface area (TPSA) is 43.4 Å². The molecular formula is C10H9FO3S. The van der Waals surface area contributed by atoms with Gasteiger partial charge in [-0.3, -0.25) is 9.59 Å². The fourth-order valence-corrected chi connectivity index (χ4v) is 1.75. The van der Waals surface area contributed by atoms with Crippen molar-refractivity contribution in [2.75, 3.05) is 12.9 Å². The van der Waals surface area contributed by atoms with Crippen molar-refractivity contribution in [2.45, 2.75) is 4.90 Å². The van der Waals surface area contributed by atoms with Crippen molar-refractivity contribution in [1.82, 2.24) is 0 Å². The second-order valence-electron chi connectivity index (χ2n) is 2.70. The van der Waals surface area contributed by atoms with Gasteiger partial charge in [-0.05, 0) is 18.2 Å². The number of hydrogen-bond acceptors (Lipinski definition) is 4. The van der Waals surface area contributed by atoms with Crippen LogP contribution < -0.4 is 0 Å². The molecule has 0 saturated carbocycles. The largest absolute Gasteiger partial charge is 0.468 e. The lowest BCUT2D eigenvalue weighted by molar-refractivity contribution is -0.137. The summed E-state index contributed by atoms with van der Waals surface area (Å²) in [4.78, 5) is 21.8. The minimum Gasteiger partial charge on any atom is -0.468 e. The number of rotatable bonds is 4. The maximum Gasteiger partial charge on any atom is 0.315 e. The Morgan fingerprint density at radius 2 is 2.27 bits per heavy atom. The molecule has 0 spiro atoms. The molecule has 0 atom stereocenters. The zero-order valence-electron chi connectivity index (χ0n) is 8.03. The van der Waals surface area contributed by atoms with Crippen LogP contribution in [0.1, 0.15) is 10.4 Å². The van der Waals surface area contributed by atoms with E-state index < -0.39 is 11.8 Å². The first-order chi connectivity index (χ1) is 7.15. The van der Waals surface area contributed by atoms with Crippen LogP contribution in [0.2, 0.25) is 0 Å². The molecule has 0 unspecified atom stereocenters. The summed E-state index contributed by atoms with van der Waals surface area (Å²) in [5.74, 6) is -0.790. The molecule has 0 aliphatic heterocycles. The molecule has 0 aromatic heterocycles. The van der Waals surface area contributed by atoms with Gasteiger partial charge in [-0.2, -0.15) is 0 Å². The number of methoxy groups -OCH3 is 1. The average molecular weight is 228 g/mol. The predicted molar refractivity (Wildman–Crippen MR) is 54.5 cm³/mol. The van der Waals surface area contributed by atoms with Gasteiger partial charge >= 0.3 is 5.97 Å². The third kappa shape index (κ3) is 3.71. The summed E-state index contributed by atoms with van der Waals surface area (Å²) in [5.41, 5.74) is 0.252. The Hall–Kier alpha value is -1.36. The van der Waals surface area contributed by atoms with Crippen molar-refractivity contribution in [3.05, 3.63) is 29.6 Å². The number of benzene rings is 1. The van der Waals surface area contributed by atoms with Crippen LogP contribution in [0, 0.1) is 5.82 Å². The van der Waals surface area contributed by atoms with Crippen LogP contribution >= 0.6 is 11.8 Å². The normalized spacial score (nSPS) is 9.73. The highest BCUT2D eigenvalue weighted by molar-refractivity contribution is 8.00. The second-order valence-corrected chi connectivity index (χ2v) is 3.75. The Kier molecular flexibility index (Phi) is 4.30. The molecule has 0 saturated heterocycles. The molecule has 5 heteroatoms. The molecule has 0 N–H and O–H groups in total. The first-order valence-electron chi connectivity index (χ1n) is 4.11. The SMILES string of the molecule is COC(=O)CSc1cc(F)cc(C=O)c1. The highest BCUT2D eigenvalue weighted by Gasteiger charge is 2.04. The van der Waals surface area contributed by atoms with Gasteiger partial charge in [0.1, 0.15) is 12.1 Å². The van der Waals surface area contributed by atoms with E-state index in [2.05, 4.69) is 4.74 Å². The van der Waals surface area contributed by atoms with Crippen molar-refractivity contribution in [3.8, 4) is 0 Å². The van der Waals surface area contributed by atoms with Gasteiger partial charge in [0.05, 0.1) is 12.9 Å². The standard InChI is InChI=1S/C10H9FO3S/c1-14-10(13)6-15-9-3-7(5-12)2-8(11)4-9/h2-5H,6H2,1H3. The van der Waals surface area contributed by atoms with E-state index in [0.29, 0.717) is 11.2 Å². The van der Waals surface area contributed by atoms with Crippen LogP contribution in [0.25, 0.3) is 0 Å². The number of hydrogen-bond donors (Lipinski definition) is 0. The van der Waals surface area contributed by atoms with Crippen LogP contribution in [-0.2, 0) is 9.53 Å². The molecule has 1 aromatic rings. The first-order valence-corrected chi connectivity index (χ1v) is 5.09. The van der Waals surface area contributed by atoms with Crippen molar-refractivity contribution < 1.29 is 18.7 Å². The van der Waals surface area contributed by atoms with Crippen LogP contribution in [0.3, 0.4) is 0 Å². The molecule has 0 radical (unpaired) electrons. The number of aldehydes is 1. The summed E-state index contributed by atoms with van der Waals surface area (Å²) in [6.07, 6.45) is 0.561. The number of carbonyl (C=O) groups is 2. The quantitative estimate of drug-likeness (QED) is 0.448. The maximum atomic E-state index is 12.9. The van der Waals surface area contributed by atoms with Gasteiger partial charge in [-0.25, -0.2) is 4.39 Å². The number of esters is 1. The van der Waals surface area contributed by atoms with Gasteiger partial charge < -0.3 is 4.74 Å². The zero-order chi connectivity index (χ0) is 11.3. The lowest BCUT2D eigenvalue weighted by atomic mass is 10.2. The summed E-state index contributed by atoms with van der Waals surface area (Å²) < 4.78 is 17.4. The van der Waals surface area contributed by atoms with Crippen LogP contribution in [0.4, 0.5) is 4.39 Å². The van der Waals surface area contributed by atoms with Crippen molar-refractivity contribution in [3.63, 3.8) is 0 Å². The number of thioether (sulfide) groups is 1. The molecule has 80 valence electrons. The minimum atomic E-state index is -0.494. The highest BCUT2D eigenvalue weighted by atomic mass is 32.2. The summed E-state index contributed by atoms with van der Waals surface area (Å²) in [7, 11) is 1.28. The Balaban J connectivity index is 2.72. The first kappa shape index (κ1) is 11.7. The summed E-state index contributed by atoms with van der Waals surface area (Å²) in [6.45, 7) is 0. The van der Waals surface area contributed by atoms with Gasteiger partial charge in [-0.1, -0.05) is 0 Å². The molecule has 0 bridgehead atoms. The maximum absolute atomic E-state index is 12.9. The van der Waals surface area contributed by atoms with Gasteiger partial charge in [0.15, 0.2) is 0 Å². The molecule has 0 heterocycles. The van der Waals surface area contributed by atoms with Gasteiger partial charge in [0.25, 0.3) is 0 Å². The van der Waals surface area contributed by atoms with Crippen LogP contribution in [0.5, 0.6) is 0 Å². The Morgan fingerprint density at radius 1 is 1.53 bits per heavy atom. The van der Waals surface area contributed by atoms with E-state index in [4.69, 9.17) is 0 Å². The Bertz CT molecular complexity index is 379. The van der Waals surface area contributed by atoms with E-state index in [1.54, 1.807) is 0 Å². The van der Waals surface area contributed by atoms with Crippen LogP contribution in [0.15, 0.2) is 23.1 Å².